The van der Waals surface area contributed by atoms with Crippen molar-refractivity contribution in [3.63, 3.8) is 0 Å². The predicted octanol–water partition coefficient (Wildman–Crippen LogP) is 5.40. The summed E-state index contributed by atoms with van der Waals surface area (Å²) >= 11 is 1.67. The van der Waals surface area contributed by atoms with E-state index in [1.807, 2.05) is 24.3 Å². The van der Waals surface area contributed by atoms with Crippen LogP contribution in [0.1, 0.15) is 25.0 Å². The molecule has 3 aromatic rings. The molecule has 0 spiro atoms. The molecule has 0 unspecified atom stereocenters. The summed E-state index contributed by atoms with van der Waals surface area (Å²) in [6.07, 6.45) is 0.770. The minimum atomic E-state index is 0.733. The van der Waals surface area contributed by atoms with Gasteiger partial charge >= 0.3 is 0 Å². The minimum Gasteiger partial charge on any atom is -0.349 e. The van der Waals surface area contributed by atoms with Gasteiger partial charge < -0.3 is 4.90 Å². The zero-order valence-corrected chi connectivity index (χ0v) is 14.2. The van der Waals surface area contributed by atoms with E-state index in [-0.39, 0.29) is 0 Å². The highest BCUT2D eigenvalue weighted by atomic mass is 32.1. The van der Waals surface area contributed by atoms with Crippen molar-refractivity contribution in [3.8, 4) is 0 Å². The van der Waals surface area contributed by atoms with E-state index in [0.29, 0.717) is 0 Å². The fraction of sp³-hybridized carbons (Fsp3) is 0.278. The number of hydrogen-bond donors (Lipinski definition) is 1. The minimum absolute atomic E-state index is 0.733. The van der Waals surface area contributed by atoms with Crippen LogP contribution in [0.3, 0.4) is 0 Å². The molecule has 0 aliphatic carbocycles. The van der Waals surface area contributed by atoms with Gasteiger partial charge in [-0.25, -0.2) is 10.5 Å². The van der Waals surface area contributed by atoms with E-state index in [1.165, 1.54) is 5.56 Å². The van der Waals surface area contributed by atoms with Gasteiger partial charge in [-0.1, -0.05) is 41.7 Å². The first-order valence-corrected chi connectivity index (χ1v) is 8.66. The van der Waals surface area contributed by atoms with Gasteiger partial charge in [-0.3, -0.25) is 0 Å². The molecule has 1 N–H and O–H groups in total. The highest BCUT2D eigenvalue weighted by molar-refractivity contribution is 7.22. The molecule has 0 amide bonds. The lowest BCUT2D eigenvalue weighted by atomic mass is 10.0. The number of nitrogens with zero attached hydrogens (tertiary/aromatic N) is 3. The zero-order valence-electron chi connectivity index (χ0n) is 13.4. The lowest BCUT2D eigenvalue weighted by molar-refractivity contribution is 0.862. The molecule has 0 aliphatic heterocycles. The van der Waals surface area contributed by atoms with E-state index < -0.39 is 0 Å². The van der Waals surface area contributed by atoms with Crippen LogP contribution in [0.25, 0.3) is 10.2 Å². The molecule has 2 aromatic carbocycles. The summed E-state index contributed by atoms with van der Waals surface area (Å²) in [5, 5.41) is 4.77. The molecule has 3 rings (SSSR count). The monoisotopic (exact) mass is 324 g/mol. The largest absolute Gasteiger partial charge is 0.349 e. The van der Waals surface area contributed by atoms with Gasteiger partial charge in [-0.15, -0.1) is 0 Å². The third-order valence-corrected chi connectivity index (χ3v) is 5.05. The molecule has 1 aromatic heterocycles. The van der Waals surface area contributed by atoms with Crippen LogP contribution in [-0.4, -0.2) is 18.1 Å². The molecule has 4 nitrogen and oxygen atoms in total. The van der Waals surface area contributed by atoms with Crippen LogP contribution in [-0.2, 0) is 6.42 Å². The topological polar surface area (TPSA) is 52.3 Å². The fourth-order valence-electron chi connectivity index (χ4n) is 2.69. The van der Waals surface area contributed by atoms with E-state index in [9.17, 15) is 0 Å². The Morgan fingerprint density at radius 2 is 1.87 bits per heavy atom. The van der Waals surface area contributed by atoms with Crippen LogP contribution >= 0.6 is 11.3 Å². The maximum Gasteiger partial charge on any atom is 0.186 e. The summed E-state index contributed by atoms with van der Waals surface area (Å²) in [6.45, 7) is 6.17. The smallest absolute Gasteiger partial charge is 0.186 e. The Bertz CT molecular complexity index is 807. The van der Waals surface area contributed by atoms with Crippen molar-refractivity contribution in [2.45, 2.75) is 20.3 Å². The Labute approximate surface area is 140 Å². The van der Waals surface area contributed by atoms with Crippen LogP contribution in [0.2, 0.25) is 0 Å². The number of benzene rings is 2. The van der Waals surface area contributed by atoms with Crippen molar-refractivity contribution in [1.29, 1.82) is 5.53 Å². The molecule has 0 fully saturated rings. The third-order valence-electron chi connectivity index (χ3n) is 3.97. The van der Waals surface area contributed by atoms with Crippen LogP contribution in [0.15, 0.2) is 47.6 Å². The van der Waals surface area contributed by atoms with E-state index >= 15 is 0 Å². The number of nitrogens with one attached hydrogen (secondary N) is 1. The first-order valence-electron chi connectivity index (χ1n) is 7.85. The third kappa shape index (κ3) is 3.24. The Morgan fingerprint density at radius 1 is 1.13 bits per heavy atom. The second-order valence-corrected chi connectivity index (χ2v) is 6.40. The lowest BCUT2D eigenvalue weighted by Crippen LogP contribution is -2.21. The molecule has 0 atom stereocenters. The highest BCUT2D eigenvalue weighted by Gasteiger charge is 2.13. The summed E-state index contributed by atoms with van der Waals surface area (Å²) in [4.78, 5) is 7.02. The molecule has 0 saturated carbocycles. The SMILES string of the molecule is CCN(CC)c1nc2cc(Cc3ccccc3)c(N=N)cc2s1. The molecule has 0 bridgehead atoms. The average Bonchev–Trinajstić information content (AvgIpc) is 2.98. The molecule has 0 saturated heterocycles. The number of thiazole rings is 1. The molecule has 1 heterocycles. The van der Waals surface area contributed by atoms with Gasteiger partial charge in [0.15, 0.2) is 5.13 Å². The highest BCUT2D eigenvalue weighted by Crippen LogP contribution is 2.34. The number of hydrogen-bond acceptors (Lipinski definition) is 5. The van der Waals surface area contributed by atoms with Gasteiger partial charge in [0, 0.05) is 13.1 Å². The average molecular weight is 324 g/mol. The molecule has 0 aliphatic rings. The maximum absolute atomic E-state index is 7.49. The van der Waals surface area contributed by atoms with Crippen LogP contribution in [0, 0.1) is 5.53 Å². The van der Waals surface area contributed by atoms with Crippen LogP contribution in [0.5, 0.6) is 0 Å². The van der Waals surface area contributed by atoms with Crippen molar-refractivity contribution in [1.82, 2.24) is 4.98 Å². The Balaban J connectivity index is 2.02. The first kappa shape index (κ1) is 15.6. The van der Waals surface area contributed by atoms with Crippen molar-refractivity contribution in [2.24, 2.45) is 5.11 Å². The summed E-state index contributed by atoms with van der Waals surface area (Å²) in [5.41, 5.74) is 11.5. The van der Waals surface area contributed by atoms with Gasteiger partial charge in [0.05, 0.1) is 15.9 Å². The Morgan fingerprint density at radius 3 is 2.52 bits per heavy atom. The first-order chi connectivity index (χ1) is 11.2. The molecular formula is C18H20N4S. The van der Waals surface area contributed by atoms with Crippen LogP contribution in [0.4, 0.5) is 10.8 Å². The fourth-order valence-corrected chi connectivity index (χ4v) is 3.79. The Hall–Kier alpha value is -2.27. The van der Waals surface area contributed by atoms with Crippen molar-refractivity contribution in [2.75, 3.05) is 18.0 Å². The van der Waals surface area contributed by atoms with E-state index in [1.54, 1.807) is 11.3 Å². The lowest BCUT2D eigenvalue weighted by Gasteiger charge is -2.16. The second kappa shape index (κ2) is 6.87. The number of anilines is 1. The molecular weight excluding hydrogens is 304 g/mol. The number of fused-ring (bicyclic) bond motifs is 1. The quantitative estimate of drug-likeness (QED) is 0.617. The van der Waals surface area contributed by atoms with Crippen molar-refractivity contribution >= 4 is 32.4 Å². The standard InChI is InChI=1S/C18H20N4S/c1-3-22(4-2)18-20-16-11-14(10-13-8-6-5-7-9-13)15(21-19)12-17(16)23-18/h5-9,11-12,19H,3-4,10H2,1-2H3. The van der Waals surface area contributed by atoms with Gasteiger partial charge in [0.25, 0.3) is 0 Å². The maximum atomic E-state index is 7.49. The van der Waals surface area contributed by atoms with Gasteiger partial charge in [0.1, 0.15) is 0 Å². The molecule has 0 radical (unpaired) electrons. The zero-order chi connectivity index (χ0) is 16.2. The summed E-state index contributed by atoms with van der Waals surface area (Å²) in [7, 11) is 0. The van der Waals surface area contributed by atoms with Crippen molar-refractivity contribution in [3.05, 3.63) is 53.6 Å². The number of aromatic nitrogens is 1. The van der Waals surface area contributed by atoms with Gasteiger partial charge in [0.2, 0.25) is 0 Å². The van der Waals surface area contributed by atoms with Gasteiger partial charge in [-0.2, -0.15) is 5.11 Å². The number of rotatable bonds is 6. The normalized spacial score (nSPS) is 10.9. The second-order valence-electron chi connectivity index (χ2n) is 5.39. The van der Waals surface area contributed by atoms with Crippen LogP contribution < -0.4 is 4.90 Å². The molecule has 5 heteroatoms. The van der Waals surface area contributed by atoms with E-state index in [2.05, 4.69) is 42.1 Å². The Kier molecular flexibility index (Phi) is 4.67. The summed E-state index contributed by atoms with van der Waals surface area (Å²) in [5.74, 6) is 0. The summed E-state index contributed by atoms with van der Waals surface area (Å²) in [6, 6.07) is 14.4. The van der Waals surface area contributed by atoms with Crippen molar-refractivity contribution < 1.29 is 0 Å². The molecule has 118 valence electrons. The van der Waals surface area contributed by atoms with Gasteiger partial charge in [-0.05, 0) is 43.5 Å². The van der Waals surface area contributed by atoms with E-state index in [4.69, 9.17) is 10.5 Å². The molecule has 23 heavy (non-hydrogen) atoms. The summed E-state index contributed by atoms with van der Waals surface area (Å²) < 4.78 is 1.09. The van der Waals surface area contributed by atoms with E-state index in [0.717, 1.165) is 46.1 Å². The predicted molar refractivity (Wildman–Crippen MR) is 97.2 cm³/mol.